The van der Waals surface area contributed by atoms with E-state index in [1.165, 1.54) is 6.92 Å². The van der Waals surface area contributed by atoms with Crippen molar-refractivity contribution in [2.24, 2.45) is 5.92 Å². The Kier molecular flexibility index (Phi) is 6.72. The molecular formula is C23H26N2O5. The number of anilines is 1. The lowest BCUT2D eigenvalue weighted by Crippen LogP contribution is -2.33. The molecule has 0 bridgehead atoms. The van der Waals surface area contributed by atoms with Gasteiger partial charge >= 0.3 is 5.97 Å². The molecule has 0 radical (unpaired) electrons. The number of carbonyl (C=O) groups is 3. The van der Waals surface area contributed by atoms with E-state index >= 15 is 0 Å². The van der Waals surface area contributed by atoms with Crippen LogP contribution in [0.3, 0.4) is 0 Å². The Labute approximate surface area is 176 Å². The third-order valence-corrected chi connectivity index (χ3v) is 5.26. The molecule has 1 saturated heterocycles. The number of amides is 2. The van der Waals surface area contributed by atoms with Crippen LogP contribution in [0.5, 0.6) is 5.75 Å². The van der Waals surface area contributed by atoms with Crippen LogP contribution in [0.25, 0.3) is 0 Å². The lowest BCUT2D eigenvalue weighted by molar-refractivity contribution is -0.157. The van der Waals surface area contributed by atoms with Crippen LogP contribution in [0.2, 0.25) is 0 Å². The van der Waals surface area contributed by atoms with Gasteiger partial charge < -0.3 is 19.7 Å². The van der Waals surface area contributed by atoms with E-state index < -0.39 is 23.9 Å². The fourth-order valence-electron chi connectivity index (χ4n) is 3.42. The van der Waals surface area contributed by atoms with Crippen molar-refractivity contribution >= 4 is 23.5 Å². The Hall–Kier alpha value is -3.35. The predicted octanol–water partition coefficient (Wildman–Crippen LogP) is 3.18. The normalized spacial score (nSPS) is 17.9. The fourth-order valence-corrected chi connectivity index (χ4v) is 3.42. The average molecular weight is 410 g/mol. The number of nitrogens with zero attached hydrogens (tertiary/aromatic N) is 1. The Balaban J connectivity index is 1.54. The third-order valence-electron chi connectivity index (χ3n) is 5.26. The van der Waals surface area contributed by atoms with Crippen molar-refractivity contribution in [1.29, 1.82) is 0 Å². The van der Waals surface area contributed by atoms with E-state index in [0.29, 0.717) is 11.4 Å². The Morgan fingerprint density at radius 1 is 1.07 bits per heavy atom. The first-order valence-corrected chi connectivity index (χ1v) is 9.89. The van der Waals surface area contributed by atoms with Crippen LogP contribution < -0.4 is 10.1 Å². The molecule has 7 heteroatoms. The molecule has 0 aliphatic carbocycles. The zero-order chi connectivity index (χ0) is 21.7. The molecule has 0 spiro atoms. The Morgan fingerprint density at radius 2 is 1.73 bits per heavy atom. The van der Waals surface area contributed by atoms with Crippen LogP contribution in [0, 0.1) is 5.92 Å². The van der Waals surface area contributed by atoms with Gasteiger partial charge in [-0.3, -0.25) is 14.4 Å². The highest BCUT2D eigenvalue weighted by molar-refractivity contribution is 5.95. The highest BCUT2D eigenvalue weighted by Gasteiger charge is 2.38. The van der Waals surface area contributed by atoms with Crippen molar-refractivity contribution in [2.45, 2.75) is 32.4 Å². The molecule has 1 aliphatic rings. The molecule has 0 aromatic heterocycles. The molecule has 7 nitrogen and oxygen atoms in total. The minimum Gasteiger partial charge on any atom is -0.497 e. The first-order valence-electron chi connectivity index (χ1n) is 9.89. The van der Waals surface area contributed by atoms with E-state index in [2.05, 4.69) is 5.32 Å². The highest BCUT2D eigenvalue weighted by Crippen LogP contribution is 2.29. The molecule has 2 aromatic carbocycles. The molecule has 1 aliphatic heterocycles. The molecule has 1 fully saturated rings. The number of hydrogen-bond donors (Lipinski definition) is 1. The number of likely N-dealkylation sites (tertiary alicyclic amines) is 1. The van der Waals surface area contributed by atoms with Crippen LogP contribution >= 0.6 is 0 Å². The van der Waals surface area contributed by atoms with Gasteiger partial charge in [0.15, 0.2) is 6.10 Å². The van der Waals surface area contributed by atoms with Crippen molar-refractivity contribution in [3.05, 3.63) is 60.2 Å². The van der Waals surface area contributed by atoms with Gasteiger partial charge in [-0.25, -0.2) is 0 Å². The number of rotatable bonds is 7. The van der Waals surface area contributed by atoms with E-state index in [1.54, 1.807) is 36.3 Å². The predicted molar refractivity (Wildman–Crippen MR) is 112 cm³/mol. The topological polar surface area (TPSA) is 84.9 Å². The molecule has 30 heavy (non-hydrogen) atoms. The molecule has 3 atom stereocenters. The van der Waals surface area contributed by atoms with Gasteiger partial charge in [-0.05, 0) is 43.7 Å². The molecule has 0 unspecified atom stereocenters. The zero-order valence-corrected chi connectivity index (χ0v) is 17.3. The van der Waals surface area contributed by atoms with Crippen molar-refractivity contribution in [1.82, 2.24) is 4.90 Å². The second-order valence-electron chi connectivity index (χ2n) is 7.33. The first-order chi connectivity index (χ1) is 14.4. The molecule has 158 valence electrons. The second kappa shape index (κ2) is 9.43. The minimum atomic E-state index is -0.977. The quantitative estimate of drug-likeness (QED) is 0.709. The van der Waals surface area contributed by atoms with Gasteiger partial charge in [0.1, 0.15) is 5.75 Å². The van der Waals surface area contributed by atoms with Gasteiger partial charge in [-0.1, -0.05) is 30.3 Å². The summed E-state index contributed by atoms with van der Waals surface area (Å²) < 4.78 is 10.4. The van der Waals surface area contributed by atoms with Gasteiger partial charge in [-0.2, -0.15) is 0 Å². The van der Waals surface area contributed by atoms with Gasteiger partial charge in [0, 0.05) is 18.7 Å². The van der Waals surface area contributed by atoms with Gasteiger partial charge in [-0.15, -0.1) is 0 Å². The van der Waals surface area contributed by atoms with Crippen LogP contribution in [0.1, 0.15) is 31.9 Å². The summed E-state index contributed by atoms with van der Waals surface area (Å²) >= 11 is 0. The van der Waals surface area contributed by atoms with Gasteiger partial charge in [0.05, 0.1) is 19.1 Å². The largest absolute Gasteiger partial charge is 0.497 e. The van der Waals surface area contributed by atoms with E-state index in [4.69, 9.17) is 9.47 Å². The minimum absolute atomic E-state index is 0.0861. The number of ether oxygens (including phenoxy) is 2. The summed E-state index contributed by atoms with van der Waals surface area (Å²) in [6, 6.07) is 16.4. The van der Waals surface area contributed by atoms with E-state index in [0.717, 1.165) is 5.56 Å². The fraction of sp³-hybridized carbons (Fsp3) is 0.348. The van der Waals surface area contributed by atoms with Crippen LogP contribution in [0.15, 0.2) is 54.6 Å². The summed E-state index contributed by atoms with van der Waals surface area (Å²) in [7, 11) is 1.56. The summed E-state index contributed by atoms with van der Waals surface area (Å²) in [5, 5.41) is 2.70. The monoisotopic (exact) mass is 410 g/mol. The van der Waals surface area contributed by atoms with Crippen molar-refractivity contribution in [2.75, 3.05) is 19.0 Å². The number of benzene rings is 2. The maximum Gasteiger partial charge on any atom is 0.312 e. The van der Waals surface area contributed by atoms with E-state index in [-0.39, 0.29) is 24.9 Å². The summed E-state index contributed by atoms with van der Waals surface area (Å²) in [6.45, 7) is 3.73. The van der Waals surface area contributed by atoms with Crippen LogP contribution in [0.4, 0.5) is 5.69 Å². The molecular weight excluding hydrogens is 384 g/mol. The Bertz CT molecular complexity index is 898. The molecule has 2 amide bonds. The molecule has 1 heterocycles. The highest BCUT2D eigenvalue weighted by atomic mass is 16.5. The van der Waals surface area contributed by atoms with Crippen LogP contribution in [-0.4, -0.2) is 42.4 Å². The third kappa shape index (κ3) is 4.97. The summed E-state index contributed by atoms with van der Waals surface area (Å²) in [5.41, 5.74) is 1.58. The van der Waals surface area contributed by atoms with Gasteiger partial charge in [0.25, 0.3) is 5.91 Å². The maximum atomic E-state index is 12.5. The number of nitrogens with one attached hydrogen (secondary N) is 1. The van der Waals surface area contributed by atoms with E-state index in [1.807, 2.05) is 37.3 Å². The van der Waals surface area contributed by atoms with Crippen molar-refractivity contribution in [3.8, 4) is 5.75 Å². The average Bonchev–Trinajstić information content (AvgIpc) is 3.16. The molecule has 1 N–H and O–H groups in total. The second-order valence-corrected chi connectivity index (χ2v) is 7.33. The standard InChI is InChI=1S/C23H26N2O5/c1-15(17-7-5-4-6-8-17)25-14-18(13-21(25)26)23(28)30-16(2)22(27)24-19-9-11-20(29-3)12-10-19/h4-12,15-16,18H,13-14H2,1-3H3,(H,24,27)/t15-,16-,18-/m0/s1. The summed E-state index contributed by atoms with van der Waals surface area (Å²) in [6.07, 6.45) is -0.890. The van der Waals surface area contributed by atoms with Crippen molar-refractivity contribution in [3.63, 3.8) is 0 Å². The lowest BCUT2D eigenvalue weighted by atomic mass is 10.1. The number of esters is 1. The summed E-state index contributed by atoms with van der Waals surface area (Å²) in [4.78, 5) is 39.0. The smallest absolute Gasteiger partial charge is 0.312 e. The number of carbonyl (C=O) groups excluding carboxylic acids is 3. The number of hydrogen-bond acceptors (Lipinski definition) is 5. The van der Waals surface area contributed by atoms with Gasteiger partial charge in [0.2, 0.25) is 5.91 Å². The Morgan fingerprint density at radius 3 is 2.37 bits per heavy atom. The zero-order valence-electron chi connectivity index (χ0n) is 17.3. The summed E-state index contributed by atoms with van der Waals surface area (Å²) in [5.74, 6) is -0.980. The number of methoxy groups -OCH3 is 1. The molecule has 2 aromatic rings. The maximum absolute atomic E-state index is 12.5. The molecule has 0 saturated carbocycles. The van der Waals surface area contributed by atoms with Crippen molar-refractivity contribution < 1.29 is 23.9 Å². The first kappa shape index (κ1) is 21.4. The SMILES string of the molecule is COc1ccc(NC(=O)[C@H](C)OC(=O)[C@H]2CC(=O)N([C@@H](C)c3ccccc3)C2)cc1. The van der Waals surface area contributed by atoms with Crippen LogP contribution in [-0.2, 0) is 19.1 Å². The lowest BCUT2D eigenvalue weighted by Gasteiger charge is -2.25. The molecule has 3 rings (SSSR count). The van der Waals surface area contributed by atoms with E-state index in [9.17, 15) is 14.4 Å².